The lowest BCUT2D eigenvalue weighted by molar-refractivity contribution is 0.0523. The van der Waals surface area contributed by atoms with Crippen molar-refractivity contribution in [3.8, 4) is 0 Å². The molecule has 2 rings (SSSR count). The molecule has 18 heavy (non-hydrogen) atoms. The van der Waals surface area contributed by atoms with Gasteiger partial charge in [-0.2, -0.15) is 0 Å². The molecule has 1 aliphatic rings. The van der Waals surface area contributed by atoms with Crippen LogP contribution < -0.4 is 5.32 Å². The lowest BCUT2D eigenvalue weighted by Crippen LogP contribution is -2.34. The Kier molecular flexibility index (Phi) is 3.28. The molecule has 0 saturated heterocycles. The normalized spacial score (nSPS) is 22.4. The molecule has 4 heteroatoms. The summed E-state index contributed by atoms with van der Waals surface area (Å²) in [5.41, 5.74) is 0.571. The van der Waals surface area contributed by atoms with E-state index in [1.807, 2.05) is 20.8 Å². The van der Waals surface area contributed by atoms with Crippen LogP contribution >= 0.6 is 0 Å². The van der Waals surface area contributed by atoms with Crippen LogP contribution in [0.25, 0.3) is 0 Å². The number of ether oxygens (including phenoxy) is 1. The zero-order chi connectivity index (χ0) is 13.3. The minimum Gasteiger partial charge on any atom is -0.444 e. The number of amides is 1. The molecule has 1 fully saturated rings. The molecular weight excluding hydrogens is 233 g/mol. The van der Waals surface area contributed by atoms with Gasteiger partial charge in [0.25, 0.3) is 0 Å². The predicted molar refractivity (Wildman–Crippen MR) is 66.9 cm³/mol. The Morgan fingerprint density at radius 1 is 1.33 bits per heavy atom. The van der Waals surface area contributed by atoms with Gasteiger partial charge in [-0.05, 0) is 44.9 Å². The number of hydrogen-bond donors (Lipinski definition) is 1. The summed E-state index contributed by atoms with van der Waals surface area (Å²) < 4.78 is 18.0. The van der Waals surface area contributed by atoms with Gasteiger partial charge in [0.15, 0.2) is 0 Å². The molecule has 0 unspecified atom stereocenters. The third-order valence-corrected chi connectivity index (χ3v) is 2.79. The van der Waals surface area contributed by atoms with E-state index in [0.717, 1.165) is 12.0 Å². The molecule has 0 aliphatic heterocycles. The Bertz CT molecular complexity index is 436. The minimum absolute atomic E-state index is 0.102. The van der Waals surface area contributed by atoms with Crippen LogP contribution in [0.2, 0.25) is 0 Å². The molecule has 1 aliphatic carbocycles. The third-order valence-electron chi connectivity index (χ3n) is 2.79. The van der Waals surface area contributed by atoms with Gasteiger partial charge in [-0.1, -0.05) is 12.1 Å². The highest BCUT2D eigenvalue weighted by atomic mass is 19.1. The topological polar surface area (TPSA) is 38.3 Å². The Morgan fingerprint density at radius 3 is 2.50 bits per heavy atom. The van der Waals surface area contributed by atoms with Gasteiger partial charge in [-0.25, -0.2) is 9.18 Å². The van der Waals surface area contributed by atoms with Gasteiger partial charge in [0.2, 0.25) is 0 Å². The molecule has 1 aromatic carbocycles. The lowest BCUT2D eigenvalue weighted by atomic mass is 10.1. The molecule has 3 nitrogen and oxygen atoms in total. The number of hydrogen-bond acceptors (Lipinski definition) is 2. The number of halogens is 1. The molecule has 0 aromatic heterocycles. The van der Waals surface area contributed by atoms with Crippen molar-refractivity contribution in [2.45, 2.75) is 44.8 Å². The van der Waals surface area contributed by atoms with Gasteiger partial charge >= 0.3 is 6.09 Å². The SMILES string of the molecule is CC(C)(C)OC(=O)N[C@H]1C[C@@H]1c1ccc(F)cc1. The maximum absolute atomic E-state index is 12.8. The lowest BCUT2D eigenvalue weighted by Gasteiger charge is -2.19. The Hall–Kier alpha value is -1.58. The summed E-state index contributed by atoms with van der Waals surface area (Å²) in [4.78, 5) is 11.5. The van der Waals surface area contributed by atoms with E-state index in [-0.39, 0.29) is 17.8 Å². The summed E-state index contributed by atoms with van der Waals surface area (Å²) >= 11 is 0. The first-order valence-electron chi connectivity index (χ1n) is 6.10. The summed E-state index contributed by atoms with van der Waals surface area (Å²) in [6.07, 6.45) is 0.488. The number of carbonyl (C=O) groups is 1. The van der Waals surface area contributed by atoms with E-state index in [4.69, 9.17) is 4.74 Å². The van der Waals surface area contributed by atoms with Gasteiger partial charge < -0.3 is 10.1 Å². The van der Waals surface area contributed by atoms with Gasteiger partial charge in [-0.15, -0.1) is 0 Å². The van der Waals surface area contributed by atoms with E-state index >= 15 is 0 Å². The highest BCUT2D eigenvalue weighted by molar-refractivity contribution is 5.69. The number of carbonyl (C=O) groups excluding carboxylic acids is 1. The monoisotopic (exact) mass is 251 g/mol. The van der Waals surface area contributed by atoms with Crippen LogP contribution in [0.3, 0.4) is 0 Å². The second kappa shape index (κ2) is 4.59. The minimum atomic E-state index is -0.482. The van der Waals surface area contributed by atoms with Crippen molar-refractivity contribution in [2.75, 3.05) is 0 Å². The van der Waals surface area contributed by atoms with Crippen molar-refractivity contribution in [3.63, 3.8) is 0 Å². The molecule has 0 spiro atoms. The molecule has 1 aromatic rings. The quantitative estimate of drug-likeness (QED) is 0.876. The average molecular weight is 251 g/mol. The van der Waals surface area contributed by atoms with Crippen molar-refractivity contribution in [3.05, 3.63) is 35.6 Å². The van der Waals surface area contributed by atoms with Crippen LogP contribution in [0, 0.1) is 5.82 Å². The first kappa shape index (κ1) is 12.9. The molecule has 0 bridgehead atoms. The van der Waals surface area contributed by atoms with Crippen LogP contribution in [0.5, 0.6) is 0 Å². The summed E-state index contributed by atoms with van der Waals surface area (Å²) in [6, 6.07) is 6.51. The highest BCUT2D eigenvalue weighted by Gasteiger charge is 2.40. The Morgan fingerprint density at radius 2 is 1.94 bits per heavy atom. The van der Waals surface area contributed by atoms with Crippen LogP contribution in [-0.4, -0.2) is 17.7 Å². The summed E-state index contributed by atoms with van der Waals surface area (Å²) in [5, 5.41) is 2.82. The van der Waals surface area contributed by atoms with E-state index in [1.54, 1.807) is 12.1 Å². The maximum atomic E-state index is 12.8. The largest absolute Gasteiger partial charge is 0.444 e. The molecule has 1 amide bonds. The standard InChI is InChI=1S/C14H18FNO2/c1-14(2,3)18-13(17)16-12-8-11(12)9-4-6-10(15)7-5-9/h4-7,11-12H,8H2,1-3H3,(H,16,17)/t11-,12+/m1/s1. The smallest absolute Gasteiger partial charge is 0.407 e. The van der Waals surface area contributed by atoms with Crippen LogP contribution in [0.1, 0.15) is 38.7 Å². The van der Waals surface area contributed by atoms with Crippen molar-refractivity contribution in [1.82, 2.24) is 5.32 Å². The first-order valence-corrected chi connectivity index (χ1v) is 6.10. The van der Waals surface area contributed by atoms with Crippen LogP contribution in [0.15, 0.2) is 24.3 Å². The second-order valence-electron chi connectivity index (χ2n) is 5.65. The molecule has 98 valence electrons. The fourth-order valence-electron chi connectivity index (χ4n) is 1.89. The molecule has 1 saturated carbocycles. The second-order valence-corrected chi connectivity index (χ2v) is 5.65. The molecular formula is C14H18FNO2. The van der Waals surface area contributed by atoms with Crippen molar-refractivity contribution >= 4 is 6.09 Å². The van der Waals surface area contributed by atoms with Crippen LogP contribution in [0.4, 0.5) is 9.18 Å². The third kappa shape index (κ3) is 3.45. The fraction of sp³-hybridized carbons (Fsp3) is 0.500. The van der Waals surface area contributed by atoms with Gasteiger partial charge in [-0.3, -0.25) is 0 Å². The fourth-order valence-corrected chi connectivity index (χ4v) is 1.89. The molecule has 2 atom stereocenters. The summed E-state index contributed by atoms with van der Waals surface area (Å²) in [7, 11) is 0. The van der Waals surface area contributed by atoms with Gasteiger partial charge in [0.05, 0.1) is 0 Å². The van der Waals surface area contributed by atoms with Crippen molar-refractivity contribution in [1.29, 1.82) is 0 Å². The summed E-state index contributed by atoms with van der Waals surface area (Å²) in [6.45, 7) is 5.49. The first-order chi connectivity index (χ1) is 8.35. The van der Waals surface area contributed by atoms with E-state index in [1.165, 1.54) is 12.1 Å². The highest BCUT2D eigenvalue weighted by Crippen LogP contribution is 2.40. The molecule has 1 N–H and O–H groups in total. The number of nitrogens with one attached hydrogen (secondary N) is 1. The zero-order valence-electron chi connectivity index (χ0n) is 10.9. The van der Waals surface area contributed by atoms with Crippen LogP contribution in [-0.2, 0) is 4.74 Å². The number of alkyl carbamates (subject to hydrolysis) is 1. The predicted octanol–water partition coefficient (Wildman–Crippen LogP) is 3.21. The van der Waals surface area contributed by atoms with E-state index in [2.05, 4.69) is 5.32 Å². The molecule has 0 radical (unpaired) electrons. The zero-order valence-corrected chi connectivity index (χ0v) is 10.9. The van der Waals surface area contributed by atoms with E-state index in [0.29, 0.717) is 0 Å². The molecule has 0 heterocycles. The number of benzene rings is 1. The summed E-state index contributed by atoms with van der Waals surface area (Å²) in [5.74, 6) is 0.0363. The van der Waals surface area contributed by atoms with Gasteiger partial charge in [0.1, 0.15) is 11.4 Å². The average Bonchev–Trinajstić information content (AvgIpc) is 2.95. The van der Waals surface area contributed by atoms with E-state index < -0.39 is 11.7 Å². The van der Waals surface area contributed by atoms with E-state index in [9.17, 15) is 9.18 Å². The Balaban J connectivity index is 1.85. The van der Waals surface area contributed by atoms with Gasteiger partial charge in [0, 0.05) is 12.0 Å². The Labute approximate surface area is 106 Å². The van der Waals surface area contributed by atoms with Crippen molar-refractivity contribution in [2.24, 2.45) is 0 Å². The van der Waals surface area contributed by atoms with Crippen molar-refractivity contribution < 1.29 is 13.9 Å². The number of rotatable bonds is 2. The maximum Gasteiger partial charge on any atom is 0.407 e.